The Labute approximate surface area is 99.7 Å². The molecule has 2 N–H and O–H groups in total. The molecule has 0 aliphatic heterocycles. The van der Waals surface area contributed by atoms with Gasteiger partial charge in [0.05, 0.1) is 0 Å². The van der Waals surface area contributed by atoms with Gasteiger partial charge in [0.2, 0.25) is 0 Å². The molecule has 96 valence electrons. The molecular weight excluding hydrogens is 251 g/mol. The molecule has 0 fully saturated rings. The number of hydrogen-bond donors (Lipinski definition) is 2. The quantitative estimate of drug-likeness (QED) is 0.818. The van der Waals surface area contributed by atoms with Gasteiger partial charge < -0.3 is 10.4 Å². The van der Waals surface area contributed by atoms with Gasteiger partial charge in [0.25, 0.3) is 0 Å². The number of alkyl halides is 3. The molecule has 0 aliphatic rings. The third-order valence-corrected chi connectivity index (χ3v) is 1.82. The largest absolute Gasteiger partial charge is 0.478 e. The van der Waals surface area contributed by atoms with E-state index in [1.807, 2.05) is 0 Å². The summed E-state index contributed by atoms with van der Waals surface area (Å²) in [5.41, 5.74) is 0.294. The zero-order chi connectivity index (χ0) is 13.8. The average Bonchev–Trinajstić information content (AvgIpc) is 2.25. The molecule has 0 bridgehead atoms. The highest BCUT2D eigenvalue weighted by Crippen LogP contribution is 2.19. The van der Waals surface area contributed by atoms with Gasteiger partial charge in [-0.05, 0) is 23.8 Å². The average molecular weight is 259 g/mol. The summed E-state index contributed by atoms with van der Waals surface area (Å²) in [7, 11) is 0. The fourth-order valence-corrected chi connectivity index (χ4v) is 1.09. The van der Waals surface area contributed by atoms with Crippen LogP contribution in [0.3, 0.4) is 0 Å². The van der Waals surface area contributed by atoms with Gasteiger partial charge in [-0.2, -0.15) is 13.2 Å². The molecule has 1 aromatic rings. The van der Waals surface area contributed by atoms with Crippen LogP contribution >= 0.6 is 0 Å². The minimum Gasteiger partial charge on any atom is -0.478 e. The van der Waals surface area contributed by atoms with E-state index < -0.39 is 18.1 Å². The number of carboxylic acid groups (broad SMARTS) is 1. The minimum atomic E-state index is -4.97. The third kappa shape index (κ3) is 4.28. The molecule has 4 nitrogen and oxygen atoms in total. The number of aliphatic carboxylic acids is 1. The SMILES string of the molecule is O=C(O)C=Cc1cccc(NC(=O)C(F)(F)F)c1. The zero-order valence-electron chi connectivity index (χ0n) is 8.86. The van der Waals surface area contributed by atoms with Crippen LogP contribution in [0.15, 0.2) is 30.3 Å². The number of carbonyl (C=O) groups is 2. The van der Waals surface area contributed by atoms with E-state index in [1.165, 1.54) is 30.3 Å². The summed E-state index contributed by atoms with van der Waals surface area (Å²) < 4.78 is 36.0. The van der Waals surface area contributed by atoms with Gasteiger partial charge in [0.15, 0.2) is 0 Å². The van der Waals surface area contributed by atoms with Crippen LogP contribution < -0.4 is 5.32 Å². The van der Waals surface area contributed by atoms with Crippen LogP contribution in [0.1, 0.15) is 5.56 Å². The summed E-state index contributed by atoms with van der Waals surface area (Å²) in [5, 5.41) is 10.1. The molecule has 18 heavy (non-hydrogen) atoms. The second-order valence-electron chi connectivity index (χ2n) is 3.25. The van der Waals surface area contributed by atoms with E-state index in [0.29, 0.717) is 5.56 Å². The number of nitrogens with one attached hydrogen (secondary N) is 1. The van der Waals surface area contributed by atoms with Crippen molar-refractivity contribution in [2.24, 2.45) is 0 Å². The van der Waals surface area contributed by atoms with Crippen molar-refractivity contribution in [1.29, 1.82) is 0 Å². The molecule has 1 amide bonds. The first-order chi connectivity index (χ1) is 8.29. The summed E-state index contributed by atoms with van der Waals surface area (Å²) >= 11 is 0. The van der Waals surface area contributed by atoms with Crippen molar-refractivity contribution in [2.45, 2.75) is 6.18 Å². The second-order valence-corrected chi connectivity index (χ2v) is 3.25. The summed E-state index contributed by atoms with van der Waals surface area (Å²) in [5.74, 6) is -3.26. The monoisotopic (exact) mass is 259 g/mol. The summed E-state index contributed by atoms with van der Waals surface area (Å²) in [6.07, 6.45) is -2.93. The normalized spacial score (nSPS) is 11.5. The summed E-state index contributed by atoms with van der Waals surface area (Å²) in [6, 6.07) is 5.38. The van der Waals surface area contributed by atoms with Crippen LogP contribution in [0.2, 0.25) is 0 Å². The predicted molar refractivity (Wildman–Crippen MR) is 57.8 cm³/mol. The fraction of sp³-hybridized carbons (Fsp3) is 0.0909. The lowest BCUT2D eigenvalue weighted by molar-refractivity contribution is -0.167. The maximum atomic E-state index is 12.0. The molecule has 0 atom stereocenters. The number of amides is 1. The first-order valence-electron chi connectivity index (χ1n) is 4.68. The molecule has 0 aliphatic carbocycles. The van der Waals surface area contributed by atoms with Crippen molar-refractivity contribution in [3.05, 3.63) is 35.9 Å². The van der Waals surface area contributed by atoms with Crippen molar-refractivity contribution >= 4 is 23.6 Å². The first kappa shape index (κ1) is 13.8. The topological polar surface area (TPSA) is 66.4 Å². The molecule has 0 heterocycles. The number of halogens is 3. The summed E-state index contributed by atoms with van der Waals surface area (Å²) in [6.45, 7) is 0. The molecule has 0 saturated carbocycles. The van der Waals surface area contributed by atoms with E-state index in [-0.39, 0.29) is 5.69 Å². The molecule has 1 aromatic carbocycles. The van der Waals surface area contributed by atoms with Crippen LogP contribution in [0.5, 0.6) is 0 Å². The van der Waals surface area contributed by atoms with Gasteiger partial charge in [0.1, 0.15) is 0 Å². The number of anilines is 1. The third-order valence-electron chi connectivity index (χ3n) is 1.82. The number of benzene rings is 1. The Morgan fingerprint density at radius 2 is 1.94 bits per heavy atom. The minimum absolute atomic E-state index is 0.0649. The van der Waals surface area contributed by atoms with Gasteiger partial charge in [0, 0.05) is 11.8 Å². The van der Waals surface area contributed by atoms with Gasteiger partial charge in [-0.15, -0.1) is 0 Å². The lowest BCUT2D eigenvalue weighted by atomic mass is 10.2. The lowest BCUT2D eigenvalue weighted by Gasteiger charge is -2.08. The number of hydrogen-bond acceptors (Lipinski definition) is 2. The Hall–Kier alpha value is -2.31. The van der Waals surface area contributed by atoms with Crippen molar-refractivity contribution in [3.8, 4) is 0 Å². The van der Waals surface area contributed by atoms with Crippen molar-refractivity contribution in [1.82, 2.24) is 0 Å². The Morgan fingerprint density at radius 3 is 2.50 bits per heavy atom. The number of carbonyl (C=O) groups excluding carboxylic acids is 1. The molecule has 0 radical (unpaired) electrons. The summed E-state index contributed by atoms with van der Waals surface area (Å²) in [4.78, 5) is 20.9. The Kier molecular flexibility index (Phi) is 4.09. The Balaban J connectivity index is 2.83. The van der Waals surface area contributed by atoms with E-state index in [1.54, 1.807) is 5.32 Å². The Morgan fingerprint density at radius 1 is 1.28 bits per heavy atom. The molecular formula is C11H8F3NO3. The van der Waals surface area contributed by atoms with Gasteiger partial charge in [-0.1, -0.05) is 12.1 Å². The van der Waals surface area contributed by atoms with E-state index >= 15 is 0 Å². The molecule has 7 heteroatoms. The number of rotatable bonds is 3. The highest BCUT2D eigenvalue weighted by atomic mass is 19.4. The van der Waals surface area contributed by atoms with E-state index in [0.717, 1.165) is 6.08 Å². The van der Waals surface area contributed by atoms with Gasteiger partial charge >= 0.3 is 18.1 Å². The zero-order valence-corrected chi connectivity index (χ0v) is 8.86. The molecule has 0 unspecified atom stereocenters. The van der Waals surface area contributed by atoms with Crippen LogP contribution in [0, 0.1) is 0 Å². The standard InChI is InChI=1S/C11H8F3NO3/c12-11(13,14)10(18)15-8-3-1-2-7(6-8)4-5-9(16)17/h1-6H,(H,15,18)(H,16,17). The smallest absolute Gasteiger partial charge is 0.471 e. The van der Waals surface area contributed by atoms with Gasteiger partial charge in [-0.3, -0.25) is 4.79 Å². The van der Waals surface area contributed by atoms with E-state index in [4.69, 9.17) is 5.11 Å². The highest BCUT2D eigenvalue weighted by molar-refractivity contribution is 5.95. The molecule has 0 aromatic heterocycles. The maximum Gasteiger partial charge on any atom is 0.471 e. The van der Waals surface area contributed by atoms with Crippen molar-refractivity contribution < 1.29 is 27.9 Å². The molecule has 0 saturated heterocycles. The predicted octanol–water partition coefficient (Wildman–Crippen LogP) is 2.29. The van der Waals surface area contributed by atoms with E-state index in [2.05, 4.69) is 0 Å². The fourth-order valence-electron chi connectivity index (χ4n) is 1.09. The second kappa shape index (κ2) is 5.35. The van der Waals surface area contributed by atoms with Crippen LogP contribution in [-0.2, 0) is 9.59 Å². The van der Waals surface area contributed by atoms with Gasteiger partial charge in [-0.25, -0.2) is 4.79 Å². The van der Waals surface area contributed by atoms with Crippen molar-refractivity contribution in [3.63, 3.8) is 0 Å². The molecule has 1 rings (SSSR count). The van der Waals surface area contributed by atoms with Crippen LogP contribution in [0.4, 0.5) is 18.9 Å². The van der Waals surface area contributed by atoms with Crippen molar-refractivity contribution in [2.75, 3.05) is 5.32 Å². The maximum absolute atomic E-state index is 12.0. The first-order valence-corrected chi connectivity index (χ1v) is 4.68. The van der Waals surface area contributed by atoms with Crippen LogP contribution in [-0.4, -0.2) is 23.2 Å². The highest BCUT2D eigenvalue weighted by Gasteiger charge is 2.38. The number of carboxylic acids is 1. The van der Waals surface area contributed by atoms with Crippen LogP contribution in [0.25, 0.3) is 6.08 Å². The Bertz CT molecular complexity index is 495. The lowest BCUT2D eigenvalue weighted by Crippen LogP contribution is -2.29. The molecule has 0 spiro atoms. The van der Waals surface area contributed by atoms with E-state index in [9.17, 15) is 22.8 Å².